The van der Waals surface area contributed by atoms with Crippen molar-refractivity contribution in [3.8, 4) is 0 Å². The predicted molar refractivity (Wildman–Crippen MR) is 96.9 cm³/mol. The fourth-order valence-electron chi connectivity index (χ4n) is 2.57. The Morgan fingerprint density at radius 2 is 1.83 bits per heavy atom. The maximum atomic E-state index is 11.8. The van der Waals surface area contributed by atoms with Gasteiger partial charge in [0.25, 0.3) is 0 Å². The minimum atomic E-state index is -0.391. The van der Waals surface area contributed by atoms with Gasteiger partial charge in [0, 0.05) is 14.1 Å². The molecule has 0 saturated carbocycles. The lowest BCUT2D eigenvalue weighted by Gasteiger charge is -2.22. The van der Waals surface area contributed by atoms with Crippen molar-refractivity contribution in [1.82, 2.24) is 9.91 Å². The number of nitrogens with zero attached hydrogens (tertiary/aromatic N) is 3. The maximum absolute atomic E-state index is 11.8. The zero-order chi connectivity index (χ0) is 18.1. The molecular weight excluding hydrogens is 302 g/mol. The van der Waals surface area contributed by atoms with E-state index < -0.39 is 6.09 Å². The summed E-state index contributed by atoms with van der Waals surface area (Å²) >= 11 is 0. The number of hydrazone groups is 1. The summed E-state index contributed by atoms with van der Waals surface area (Å²) in [5, 5.41) is 6.47. The summed E-state index contributed by atoms with van der Waals surface area (Å²) in [7, 11) is 3.33. The average Bonchev–Trinajstić information content (AvgIpc) is 2.72. The van der Waals surface area contributed by atoms with Gasteiger partial charge in [0.2, 0.25) is 5.90 Å². The van der Waals surface area contributed by atoms with Gasteiger partial charge in [0.05, 0.1) is 18.5 Å². The van der Waals surface area contributed by atoms with Crippen LogP contribution in [0.1, 0.15) is 45.7 Å². The summed E-state index contributed by atoms with van der Waals surface area (Å²) in [4.78, 5) is 13.2. The second-order valence-electron chi connectivity index (χ2n) is 8.32. The van der Waals surface area contributed by atoms with Gasteiger partial charge in [0.15, 0.2) is 0 Å². The summed E-state index contributed by atoms with van der Waals surface area (Å²) in [5.74, 6) is 0.479. The van der Waals surface area contributed by atoms with E-state index in [9.17, 15) is 4.79 Å². The van der Waals surface area contributed by atoms with Crippen molar-refractivity contribution < 1.29 is 9.53 Å². The number of rotatable bonds is 2. The number of hydrogen-bond acceptors (Lipinski definition) is 4. The molecule has 1 aliphatic rings. The van der Waals surface area contributed by atoms with Gasteiger partial charge in [-0.3, -0.25) is 5.01 Å². The molecule has 0 atom stereocenters. The molecule has 0 saturated heterocycles. The molecule has 1 amide bonds. The Morgan fingerprint density at radius 3 is 2.33 bits per heavy atom. The van der Waals surface area contributed by atoms with E-state index in [2.05, 4.69) is 50.1 Å². The van der Waals surface area contributed by atoms with Crippen LogP contribution in [0.15, 0.2) is 29.4 Å². The maximum Gasteiger partial charge on any atom is 0.415 e. The van der Waals surface area contributed by atoms with E-state index >= 15 is 0 Å². The molecule has 2 rings (SSSR count). The minimum Gasteiger partial charge on any atom is -0.393 e. The van der Waals surface area contributed by atoms with E-state index in [0.29, 0.717) is 12.4 Å². The molecular formula is C19H29N3O2. The van der Waals surface area contributed by atoms with Gasteiger partial charge >= 0.3 is 6.09 Å². The van der Waals surface area contributed by atoms with Crippen molar-refractivity contribution in [3.63, 3.8) is 0 Å². The largest absolute Gasteiger partial charge is 0.415 e. The molecule has 0 radical (unpaired) electrons. The Labute approximate surface area is 145 Å². The molecule has 0 N–H and O–H groups in total. The lowest BCUT2D eigenvalue weighted by molar-refractivity contribution is 0.162. The summed E-state index contributed by atoms with van der Waals surface area (Å²) in [6.07, 6.45) is -0.391. The van der Waals surface area contributed by atoms with Crippen LogP contribution in [0.5, 0.6) is 0 Å². The predicted octanol–water partition coefficient (Wildman–Crippen LogP) is 3.84. The Bertz CT molecular complexity index is 625. The number of carbonyl (C=O) groups excluding carboxylic acids is 1. The van der Waals surface area contributed by atoms with E-state index in [-0.39, 0.29) is 10.8 Å². The van der Waals surface area contributed by atoms with Gasteiger partial charge in [-0.1, -0.05) is 45.0 Å². The number of benzene rings is 1. The second kappa shape index (κ2) is 6.46. The summed E-state index contributed by atoms with van der Waals surface area (Å²) in [6.45, 7) is 12.1. The van der Waals surface area contributed by atoms with Crippen LogP contribution < -0.4 is 0 Å². The molecule has 0 aromatic heterocycles. The highest BCUT2D eigenvalue weighted by Crippen LogP contribution is 2.29. The molecule has 5 nitrogen and oxygen atoms in total. The highest BCUT2D eigenvalue weighted by Gasteiger charge is 2.37. The van der Waals surface area contributed by atoms with Crippen LogP contribution in [0, 0.1) is 5.41 Å². The van der Waals surface area contributed by atoms with Crippen LogP contribution in [-0.2, 0) is 16.7 Å². The summed E-state index contributed by atoms with van der Waals surface area (Å²) < 4.78 is 5.42. The zero-order valence-corrected chi connectivity index (χ0v) is 15.9. The summed E-state index contributed by atoms with van der Waals surface area (Å²) in [6, 6.07) is 8.64. The smallest absolute Gasteiger partial charge is 0.393 e. The molecule has 132 valence electrons. The number of hydrogen-bond donors (Lipinski definition) is 0. The monoisotopic (exact) mass is 331 g/mol. The van der Waals surface area contributed by atoms with Crippen LogP contribution in [0.4, 0.5) is 4.79 Å². The van der Waals surface area contributed by atoms with Gasteiger partial charge in [-0.05, 0) is 30.4 Å². The summed E-state index contributed by atoms with van der Waals surface area (Å²) in [5.41, 5.74) is 2.39. The lowest BCUT2D eigenvalue weighted by atomic mass is 9.87. The highest BCUT2D eigenvalue weighted by molar-refractivity contribution is 5.92. The van der Waals surface area contributed by atoms with Crippen LogP contribution in [0.25, 0.3) is 0 Å². The Balaban J connectivity index is 2.08. The van der Waals surface area contributed by atoms with Crippen molar-refractivity contribution in [3.05, 3.63) is 35.4 Å². The van der Waals surface area contributed by atoms with E-state index in [0.717, 1.165) is 6.54 Å². The molecule has 0 fully saturated rings. The average molecular weight is 331 g/mol. The molecule has 24 heavy (non-hydrogen) atoms. The molecule has 1 aromatic rings. The van der Waals surface area contributed by atoms with E-state index in [1.54, 1.807) is 14.1 Å². The van der Waals surface area contributed by atoms with E-state index in [4.69, 9.17) is 4.74 Å². The molecule has 0 unspecified atom stereocenters. The topological polar surface area (TPSA) is 45.1 Å². The van der Waals surface area contributed by atoms with Crippen LogP contribution in [0.3, 0.4) is 0 Å². The molecule has 0 bridgehead atoms. The van der Waals surface area contributed by atoms with Crippen LogP contribution in [0.2, 0.25) is 0 Å². The van der Waals surface area contributed by atoms with Crippen LogP contribution >= 0.6 is 0 Å². The highest BCUT2D eigenvalue weighted by atomic mass is 16.6. The standard InChI is InChI=1S/C19H29N3O2/c1-18(2,3)15-10-8-14(9-11-15)12-22-13-19(4,5)16(20-22)24-17(23)21(6)7/h8-11H,12-13H2,1-7H3. The van der Waals surface area contributed by atoms with E-state index in [1.165, 1.54) is 16.0 Å². The van der Waals surface area contributed by atoms with Gasteiger partial charge in [-0.15, -0.1) is 5.10 Å². The van der Waals surface area contributed by atoms with Crippen molar-refractivity contribution in [2.24, 2.45) is 10.5 Å². The molecule has 1 heterocycles. The van der Waals surface area contributed by atoms with Gasteiger partial charge in [-0.25, -0.2) is 4.79 Å². The van der Waals surface area contributed by atoms with Crippen LogP contribution in [-0.4, -0.2) is 42.5 Å². The molecule has 1 aromatic carbocycles. The SMILES string of the molecule is CN(C)C(=O)OC1=NN(Cc2ccc(C(C)(C)C)cc2)CC1(C)C. The second-order valence-corrected chi connectivity index (χ2v) is 8.32. The van der Waals surface area contributed by atoms with Gasteiger partial charge < -0.3 is 9.64 Å². The molecule has 0 aliphatic carbocycles. The Morgan fingerprint density at radius 1 is 1.25 bits per heavy atom. The van der Waals surface area contributed by atoms with E-state index in [1.807, 2.05) is 18.9 Å². The first-order valence-electron chi connectivity index (χ1n) is 8.31. The third-order valence-corrected chi connectivity index (χ3v) is 4.12. The van der Waals surface area contributed by atoms with Gasteiger partial charge in [-0.2, -0.15) is 0 Å². The number of amides is 1. The van der Waals surface area contributed by atoms with Gasteiger partial charge in [0.1, 0.15) is 0 Å². The molecule has 0 spiro atoms. The zero-order valence-electron chi connectivity index (χ0n) is 15.9. The number of ether oxygens (including phenoxy) is 1. The fraction of sp³-hybridized carbons (Fsp3) is 0.579. The fourth-order valence-corrected chi connectivity index (χ4v) is 2.57. The Hall–Kier alpha value is -2.04. The molecule has 5 heteroatoms. The first-order chi connectivity index (χ1) is 11.0. The third-order valence-electron chi connectivity index (χ3n) is 4.12. The lowest BCUT2D eigenvalue weighted by Crippen LogP contribution is -2.33. The first kappa shape index (κ1) is 18.3. The third kappa shape index (κ3) is 4.28. The normalized spacial score (nSPS) is 16.8. The minimum absolute atomic E-state index is 0.153. The number of carbonyl (C=O) groups is 1. The van der Waals surface area contributed by atoms with Crippen molar-refractivity contribution >= 4 is 12.0 Å². The van der Waals surface area contributed by atoms with Crippen molar-refractivity contribution in [1.29, 1.82) is 0 Å². The van der Waals surface area contributed by atoms with Crippen molar-refractivity contribution in [2.45, 2.75) is 46.6 Å². The molecule has 1 aliphatic heterocycles. The van der Waals surface area contributed by atoms with Crippen molar-refractivity contribution in [2.75, 3.05) is 20.6 Å². The Kier molecular flexibility index (Phi) is 4.92. The first-order valence-corrected chi connectivity index (χ1v) is 8.31. The quantitative estimate of drug-likeness (QED) is 0.827.